The van der Waals surface area contributed by atoms with Crippen molar-refractivity contribution in [3.05, 3.63) is 59.7 Å². The normalized spacial score (nSPS) is 14.2. The van der Waals surface area contributed by atoms with Crippen molar-refractivity contribution >= 4 is 5.97 Å². The average Bonchev–Trinajstić information content (AvgIpc) is 2.92. The van der Waals surface area contributed by atoms with Gasteiger partial charge in [-0.25, -0.2) is 4.89 Å². The first-order valence-electron chi connectivity index (χ1n) is 7.81. The zero-order valence-corrected chi connectivity index (χ0v) is 13.0. The van der Waals surface area contributed by atoms with Crippen LogP contribution in [0.4, 0.5) is 0 Å². The Balaban J connectivity index is 1.76. The van der Waals surface area contributed by atoms with E-state index in [1.54, 1.807) is 0 Å². The van der Waals surface area contributed by atoms with Gasteiger partial charge in [0.25, 0.3) is 0 Å². The van der Waals surface area contributed by atoms with Crippen molar-refractivity contribution in [1.29, 1.82) is 0 Å². The van der Waals surface area contributed by atoms with E-state index in [2.05, 4.69) is 10.4 Å². The van der Waals surface area contributed by atoms with Gasteiger partial charge in [0.15, 0.2) is 0 Å². The molecule has 0 saturated heterocycles. The number of hydrogen-bond donors (Lipinski definition) is 3. The van der Waals surface area contributed by atoms with Gasteiger partial charge in [0.2, 0.25) is 0 Å². The number of hydroxylamine groups is 1. The predicted molar refractivity (Wildman–Crippen MR) is 87.2 cm³/mol. The highest BCUT2D eigenvalue weighted by Crippen LogP contribution is 2.44. The molecule has 1 aliphatic rings. The largest absolute Gasteiger partial charge is 0.480 e. The monoisotopic (exact) mass is 329 g/mol. The third-order valence-corrected chi connectivity index (χ3v) is 4.13. The van der Waals surface area contributed by atoms with E-state index in [0.29, 0.717) is 6.42 Å². The molecule has 6 nitrogen and oxygen atoms in total. The number of rotatable bonds is 8. The summed E-state index contributed by atoms with van der Waals surface area (Å²) in [6.07, 6.45) is 0.335. The second-order valence-corrected chi connectivity index (χ2v) is 5.66. The lowest BCUT2D eigenvalue weighted by Crippen LogP contribution is -2.37. The Kier molecular flexibility index (Phi) is 5.22. The first-order valence-corrected chi connectivity index (χ1v) is 7.81. The van der Waals surface area contributed by atoms with E-state index in [9.17, 15) is 9.90 Å². The van der Waals surface area contributed by atoms with E-state index in [0.717, 1.165) is 22.3 Å². The molecule has 3 N–H and O–H groups in total. The summed E-state index contributed by atoms with van der Waals surface area (Å²) in [5, 5.41) is 17.6. The predicted octanol–water partition coefficient (Wildman–Crippen LogP) is 3.00. The summed E-state index contributed by atoms with van der Waals surface area (Å²) >= 11 is 0. The highest BCUT2D eigenvalue weighted by Gasteiger charge is 2.30. The fourth-order valence-corrected chi connectivity index (χ4v) is 2.97. The number of fused-ring (bicyclic) bond motifs is 3. The van der Waals surface area contributed by atoms with Gasteiger partial charge >= 0.3 is 5.97 Å². The van der Waals surface area contributed by atoms with Crippen molar-refractivity contribution in [2.45, 2.75) is 25.0 Å². The van der Waals surface area contributed by atoms with Crippen molar-refractivity contribution < 1.29 is 24.9 Å². The number of hydrogen-bond acceptors (Lipinski definition) is 5. The van der Waals surface area contributed by atoms with Crippen LogP contribution < -0.4 is 5.48 Å². The van der Waals surface area contributed by atoms with Gasteiger partial charge in [0, 0.05) is 0 Å². The fourth-order valence-electron chi connectivity index (χ4n) is 2.97. The Morgan fingerprint density at radius 3 is 2.21 bits per heavy atom. The molecule has 6 heteroatoms. The van der Waals surface area contributed by atoms with Gasteiger partial charge < -0.3 is 5.11 Å². The van der Waals surface area contributed by atoms with Crippen molar-refractivity contribution in [3.63, 3.8) is 0 Å². The Morgan fingerprint density at radius 1 is 1.08 bits per heavy atom. The molecule has 2 aromatic rings. The molecule has 0 aromatic heterocycles. The summed E-state index contributed by atoms with van der Waals surface area (Å²) < 4.78 is 0. The Hall–Kier alpha value is -2.25. The maximum Gasteiger partial charge on any atom is 0.323 e. The molecule has 1 atom stereocenters. The minimum Gasteiger partial charge on any atom is -0.480 e. The third-order valence-electron chi connectivity index (χ3n) is 4.13. The Labute approximate surface area is 139 Å². The third kappa shape index (κ3) is 3.32. The molecule has 0 bridgehead atoms. The Morgan fingerprint density at radius 2 is 1.67 bits per heavy atom. The lowest BCUT2D eigenvalue weighted by atomic mass is 10.1. The van der Waals surface area contributed by atoms with Crippen molar-refractivity contribution in [2.24, 2.45) is 0 Å². The summed E-state index contributed by atoms with van der Waals surface area (Å²) in [5.41, 5.74) is 6.88. The molecule has 1 aliphatic carbocycles. The minimum absolute atomic E-state index is 0.0839. The zero-order valence-electron chi connectivity index (χ0n) is 13.0. The van der Waals surface area contributed by atoms with Gasteiger partial charge in [-0.3, -0.25) is 14.9 Å². The summed E-state index contributed by atoms with van der Waals surface area (Å²) in [7, 11) is 0. The molecule has 0 spiro atoms. The maximum absolute atomic E-state index is 11.3. The molecule has 0 heterocycles. The summed E-state index contributed by atoms with van der Waals surface area (Å²) in [6.45, 7) is 0.0839. The van der Waals surface area contributed by atoms with Gasteiger partial charge in [-0.15, -0.1) is 0 Å². The number of carbonyl (C=O) groups is 1. The maximum atomic E-state index is 11.3. The molecule has 3 rings (SSSR count). The molecule has 126 valence electrons. The molecule has 0 aliphatic heterocycles. The van der Waals surface area contributed by atoms with Gasteiger partial charge in [0.1, 0.15) is 12.1 Å². The first kappa shape index (κ1) is 16.6. The van der Waals surface area contributed by atoms with Crippen LogP contribution >= 0.6 is 0 Å². The van der Waals surface area contributed by atoms with E-state index >= 15 is 0 Å². The molecular formula is C18H19NO5. The SMILES string of the molecule is O=C(O)C(CCCOO)NOC1c2ccccc2-c2ccccc21. The first-order chi connectivity index (χ1) is 11.7. The van der Waals surface area contributed by atoms with Crippen molar-refractivity contribution in [3.8, 4) is 11.1 Å². The molecule has 0 fully saturated rings. The molecule has 24 heavy (non-hydrogen) atoms. The highest BCUT2D eigenvalue weighted by atomic mass is 17.1. The lowest BCUT2D eigenvalue weighted by molar-refractivity contribution is -0.243. The number of nitrogens with one attached hydrogen (secondary N) is 1. The van der Waals surface area contributed by atoms with Crippen LogP contribution in [0.1, 0.15) is 30.1 Å². The van der Waals surface area contributed by atoms with Crippen LogP contribution in [-0.4, -0.2) is 29.0 Å². The van der Waals surface area contributed by atoms with Gasteiger partial charge in [0.05, 0.1) is 6.61 Å². The van der Waals surface area contributed by atoms with E-state index in [-0.39, 0.29) is 19.1 Å². The minimum atomic E-state index is -1.01. The topological polar surface area (TPSA) is 88.0 Å². The van der Waals surface area contributed by atoms with Crippen LogP contribution in [0.5, 0.6) is 0 Å². The van der Waals surface area contributed by atoms with Crippen molar-refractivity contribution in [2.75, 3.05) is 6.61 Å². The standard InChI is InChI=1S/C18H19NO5/c20-18(21)16(10-5-11-23-22)19-24-17-14-8-3-1-6-12(14)13-7-2-4-9-15(13)17/h1-4,6-9,16-17,19,22H,5,10-11H2,(H,20,21). The molecular weight excluding hydrogens is 310 g/mol. The van der Waals surface area contributed by atoms with E-state index < -0.39 is 12.0 Å². The number of aliphatic carboxylic acids is 1. The van der Waals surface area contributed by atoms with Crippen molar-refractivity contribution in [1.82, 2.24) is 5.48 Å². The summed E-state index contributed by atoms with van der Waals surface area (Å²) in [6, 6.07) is 15.0. The smallest absolute Gasteiger partial charge is 0.323 e. The number of carboxylic acids is 1. The molecule has 0 saturated carbocycles. The number of carboxylic acid groups (broad SMARTS) is 1. The van der Waals surface area contributed by atoms with Crippen LogP contribution in [0, 0.1) is 0 Å². The molecule has 2 aromatic carbocycles. The van der Waals surface area contributed by atoms with E-state index in [1.165, 1.54) is 0 Å². The lowest BCUT2D eigenvalue weighted by Gasteiger charge is -2.19. The fraction of sp³-hybridized carbons (Fsp3) is 0.278. The number of benzene rings is 2. The van der Waals surface area contributed by atoms with Crippen LogP contribution in [0.3, 0.4) is 0 Å². The van der Waals surface area contributed by atoms with Crippen LogP contribution in [0.15, 0.2) is 48.5 Å². The molecule has 1 unspecified atom stereocenters. The van der Waals surface area contributed by atoms with Crippen LogP contribution in [0.25, 0.3) is 11.1 Å². The van der Waals surface area contributed by atoms with Gasteiger partial charge in [-0.1, -0.05) is 48.5 Å². The van der Waals surface area contributed by atoms with Gasteiger partial charge in [-0.05, 0) is 35.1 Å². The van der Waals surface area contributed by atoms with Crippen LogP contribution in [-0.2, 0) is 14.5 Å². The highest BCUT2D eigenvalue weighted by molar-refractivity contribution is 5.78. The van der Waals surface area contributed by atoms with E-state index in [4.69, 9.17) is 10.1 Å². The molecule has 0 amide bonds. The quantitative estimate of drug-likeness (QED) is 0.392. The molecule has 0 radical (unpaired) electrons. The average molecular weight is 329 g/mol. The summed E-state index contributed by atoms with van der Waals surface area (Å²) in [4.78, 5) is 21.1. The Bertz CT molecular complexity index is 673. The van der Waals surface area contributed by atoms with E-state index in [1.807, 2.05) is 48.5 Å². The second-order valence-electron chi connectivity index (χ2n) is 5.66. The zero-order chi connectivity index (χ0) is 16.9. The second kappa shape index (κ2) is 7.55. The van der Waals surface area contributed by atoms with Crippen LogP contribution in [0.2, 0.25) is 0 Å². The summed E-state index contributed by atoms with van der Waals surface area (Å²) in [5.74, 6) is -1.01. The van der Waals surface area contributed by atoms with Gasteiger partial charge in [-0.2, -0.15) is 5.48 Å².